The van der Waals surface area contributed by atoms with Gasteiger partial charge >= 0.3 is 0 Å². The maximum atomic E-state index is 12.4. The maximum Gasteiger partial charge on any atom is 0.227 e. The lowest BCUT2D eigenvalue weighted by Crippen LogP contribution is -2.45. The fraction of sp³-hybridized carbons (Fsp3) is 0.471. The van der Waals surface area contributed by atoms with E-state index in [-0.39, 0.29) is 18.3 Å². The van der Waals surface area contributed by atoms with E-state index in [4.69, 9.17) is 5.73 Å². The van der Waals surface area contributed by atoms with Gasteiger partial charge in [-0.25, -0.2) is 0 Å². The normalized spacial score (nSPS) is 11.2. The predicted molar refractivity (Wildman–Crippen MR) is 97.9 cm³/mol. The first-order chi connectivity index (χ1) is 10.2. The molecule has 0 saturated carbocycles. The Morgan fingerprint density at radius 3 is 2.59 bits per heavy atom. The highest BCUT2D eigenvalue weighted by molar-refractivity contribution is 7.17. The van der Waals surface area contributed by atoms with Crippen molar-refractivity contribution in [1.82, 2.24) is 5.32 Å². The van der Waals surface area contributed by atoms with E-state index in [0.717, 1.165) is 19.3 Å². The Hall–Kier alpha value is -1.10. The third-order valence-electron chi connectivity index (χ3n) is 4.47. The number of carbonyl (C=O) groups excluding carboxylic acids is 1. The Bertz CT molecular complexity index is 599. The summed E-state index contributed by atoms with van der Waals surface area (Å²) < 4.78 is 1.30. The van der Waals surface area contributed by atoms with Crippen molar-refractivity contribution in [2.45, 2.75) is 33.1 Å². The summed E-state index contributed by atoms with van der Waals surface area (Å²) in [6.07, 6.45) is 2.43. The Morgan fingerprint density at radius 1 is 1.27 bits per heavy atom. The molecule has 0 aliphatic rings. The van der Waals surface area contributed by atoms with Crippen LogP contribution in [0.2, 0.25) is 0 Å². The largest absolute Gasteiger partial charge is 0.355 e. The number of carbonyl (C=O) groups is 1. The SMILES string of the molecule is CCC(CC)(CN)C(=O)NCCc1csc2ccccc12.Cl. The molecule has 0 unspecified atom stereocenters. The van der Waals surface area contributed by atoms with Gasteiger partial charge in [0.1, 0.15) is 0 Å². The summed E-state index contributed by atoms with van der Waals surface area (Å²) in [4.78, 5) is 12.4. The van der Waals surface area contributed by atoms with Gasteiger partial charge in [-0.1, -0.05) is 32.0 Å². The van der Waals surface area contributed by atoms with Crippen molar-refractivity contribution in [3.63, 3.8) is 0 Å². The molecule has 1 aromatic carbocycles. The van der Waals surface area contributed by atoms with Crippen LogP contribution in [-0.2, 0) is 11.2 Å². The molecule has 5 heteroatoms. The molecule has 0 aliphatic heterocycles. The second-order valence-corrected chi connectivity index (χ2v) is 6.37. The molecule has 2 aromatic rings. The smallest absolute Gasteiger partial charge is 0.227 e. The van der Waals surface area contributed by atoms with E-state index < -0.39 is 5.41 Å². The molecule has 0 radical (unpaired) electrons. The van der Waals surface area contributed by atoms with Gasteiger partial charge in [0.05, 0.1) is 5.41 Å². The van der Waals surface area contributed by atoms with Crippen molar-refractivity contribution in [2.24, 2.45) is 11.1 Å². The van der Waals surface area contributed by atoms with E-state index in [1.54, 1.807) is 11.3 Å². The van der Waals surface area contributed by atoms with Gasteiger partial charge in [0.2, 0.25) is 5.91 Å². The fourth-order valence-electron chi connectivity index (χ4n) is 2.68. The van der Waals surface area contributed by atoms with E-state index >= 15 is 0 Å². The molecule has 2 rings (SSSR count). The lowest BCUT2D eigenvalue weighted by Gasteiger charge is -2.28. The average molecular weight is 341 g/mol. The first kappa shape index (κ1) is 18.9. The molecule has 0 saturated heterocycles. The molecule has 0 bridgehead atoms. The summed E-state index contributed by atoms with van der Waals surface area (Å²) in [5.41, 5.74) is 6.71. The highest BCUT2D eigenvalue weighted by Crippen LogP contribution is 2.27. The van der Waals surface area contributed by atoms with Crippen molar-refractivity contribution in [3.8, 4) is 0 Å². The van der Waals surface area contributed by atoms with Crippen LogP contribution < -0.4 is 11.1 Å². The Balaban J connectivity index is 0.00000242. The molecule has 3 nitrogen and oxygen atoms in total. The van der Waals surface area contributed by atoms with Crippen LogP contribution in [0.4, 0.5) is 0 Å². The highest BCUT2D eigenvalue weighted by Gasteiger charge is 2.32. The van der Waals surface area contributed by atoms with E-state index in [9.17, 15) is 4.79 Å². The zero-order valence-electron chi connectivity index (χ0n) is 13.2. The Labute approximate surface area is 142 Å². The van der Waals surface area contributed by atoms with Crippen molar-refractivity contribution < 1.29 is 4.79 Å². The van der Waals surface area contributed by atoms with Crippen LogP contribution in [0.25, 0.3) is 10.1 Å². The molecule has 1 heterocycles. The Kier molecular flexibility index (Phi) is 7.33. The molecular formula is C17H25ClN2OS. The van der Waals surface area contributed by atoms with Gasteiger partial charge < -0.3 is 11.1 Å². The van der Waals surface area contributed by atoms with E-state index in [0.29, 0.717) is 13.1 Å². The van der Waals surface area contributed by atoms with Crippen LogP contribution in [0.1, 0.15) is 32.3 Å². The number of amides is 1. The standard InChI is InChI=1S/C17H24N2OS.ClH/c1-3-17(4-2,12-18)16(20)19-10-9-13-11-21-15-8-6-5-7-14(13)15;/h5-8,11H,3-4,9-10,12,18H2,1-2H3,(H,19,20);1H. The van der Waals surface area contributed by atoms with Crippen molar-refractivity contribution in [1.29, 1.82) is 0 Å². The minimum absolute atomic E-state index is 0. The number of thiophene rings is 1. The first-order valence-electron chi connectivity index (χ1n) is 7.60. The van der Waals surface area contributed by atoms with E-state index in [2.05, 4.69) is 35.0 Å². The van der Waals surface area contributed by atoms with Gasteiger partial charge in [-0.15, -0.1) is 23.7 Å². The number of fused-ring (bicyclic) bond motifs is 1. The minimum Gasteiger partial charge on any atom is -0.355 e. The summed E-state index contributed by atoms with van der Waals surface area (Å²) in [6.45, 7) is 5.14. The number of rotatable bonds is 7. The van der Waals surface area contributed by atoms with Gasteiger partial charge in [0.25, 0.3) is 0 Å². The van der Waals surface area contributed by atoms with Crippen LogP contribution in [0.15, 0.2) is 29.6 Å². The molecule has 0 atom stereocenters. The molecule has 0 fully saturated rings. The van der Waals surface area contributed by atoms with Crippen LogP contribution in [0.3, 0.4) is 0 Å². The average Bonchev–Trinajstić information content (AvgIpc) is 2.93. The van der Waals surface area contributed by atoms with E-state index in [1.165, 1.54) is 15.6 Å². The van der Waals surface area contributed by atoms with Gasteiger partial charge in [-0.3, -0.25) is 4.79 Å². The number of nitrogens with two attached hydrogens (primary N) is 1. The third-order valence-corrected chi connectivity index (χ3v) is 5.48. The van der Waals surface area contributed by atoms with Crippen molar-refractivity contribution in [2.75, 3.05) is 13.1 Å². The number of benzene rings is 1. The number of hydrogen-bond donors (Lipinski definition) is 2. The van der Waals surface area contributed by atoms with Gasteiger partial charge in [0.15, 0.2) is 0 Å². The summed E-state index contributed by atoms with van der Waals surface area (Å²) >= 11 is 1.76. The third kappa shape index (κ3) is 3.80. The minimum atomic E-state index is -0.406. The molecule has 0 aliphatic carbocycles. The fourth-order valence-corrected chi connectivity index (χ4v) is 3.67. The quantitative estimate of drug-likeness (QED) is 0.806. The summed E-state index contributed by atoms with van der Waals surface area (Å²) in [5.74, 6) is 0.0922. The van der Waals surface area contributed by atoms with Crippen molar-refractivity contribution in [3.05, 3.63) is 35.2 Å². The number of halogens is 1. The second-order valence-electron chi connectivity index (χ2n) is 5.45. The van der Waals surface area contributed by atoms with Crippen LogP contribution in [0.5, 0.6) is 0 Å². The second kappa shape index (κ2) is 8.51. The van der Waals surface area contributed by atoms with Crippen LogP contribution >= 0.6 is 23.7 Å². The lowest BCUT2D eigenvalue weighted by atomic mass is 9.81. The number of hydrogen-bond acceptors (Lipinski definition) is 3. The molecule has 1 amide bonds. The van der Waals surface area contributed by atoms with Crippen molar-refractivity contribution >= 4 is 39.7 Å². The zero-order chi connectivity index (χ0) is 15.3. The predicted octanol–water partition coefficient (Wildman–Crippen LogP) is 3.75. The molecule has 0 spiro atoms. The molecular weight excluding hydrogens is 316 g/mol. The molecule has 1 aromatic heterocycles. The highest BCUT2D eigenvalue weighted by atomic mass is 35.5. The number of nitrogens with one attached hydrogen (secondary N) is 1. The topological polar surface area (TPSA) is 55.1 Å². The summed E-state index contributed by atoms with van der Waals surface area (Å²) in [5, 5.41) is 6.55. The summed E-state index contributed by atoms with van der Waals surface area (Å²) in [6, 6.07) is 8.40. The van der Waals surface area contributed by atoms with Gasteiger partial charge in [-0.05, 0) is 41.7 Å². The summed E-state index contributed by atoms with van der Waals surface area (Å²) in [7, 11) is 0. The maximum absolute atomic E-state index is 12.4. The van der Waals surface area contributed by atoms with Gasteiger partial charge in [-0.2, -0.15) is 0 Å². The zero-order valence-corrected chi connectivity index (χ0v) is 14.9. The lowest BCUT2D eigenvalue weighted by molar-refractivity contribution is -0.131. The first-order valence-corrected chi connectivity index (χ1v) is 8.48. The van der Waals surface area contributed by atoms with Crippen LogP contribution in [-0.4, -0.2) is 19.0 Å². The molecule has 3 N–H and O–H groups in total. The molecule has 122 valence electrons. The monoisotopic (exact) mass is 340 g/mol. The Morgan fingerprint density at radius 2 is 1.95 bits per heavy atom. The van der Waals surface area contributed by atoms with Crippen LogP contribution in [0, 0.1) is 5.41 Å². The molecule has 22 heavy (non-hydrogen) atoms. The van der Waals surface area contributed by atoms with Gasteiger partial charge in [0, 0.05) is 17.8 Å². The van der Waals surface area contributed by atoms with E-state index in [1.807, 2.05) is 13.8 Å².